The lowest BCUT2D eigenvalue weighted by Crippen LogP contribution is -2.34. The molecule has 0 radical (unpaired) electrons. The van der Waals surface area contributed by atoms with Crippen LogP contribution in [0.3, 0.4) is 0 Å². The van der Waals surface area contributed by atoms with E-state index in [-0.39, 0.29) is 18.2 Å². The summed E-state index contributed by atoms with van der Waals surface area (Å²) in [6.45, 7) is 0.200. The van der Waals surface area contributed by atoms with E-state index in [0.717, 1.165) is 35.3 Å². The van der Waals surface area contributed by atoms with Crippen molar-refractivity contribution < 1.29 is 23.0 Å². The zero-order valence-corrected chi connectivity index (χ0v) is 12.4. The molecule has 0 saturated carbocycles. The maximum atomic E-state index is 13.5. The fourth-order valence-corrected chi connectivity index (χ4v) is 2.51. The molecular formula is C17H15F2NO3. The number of fused-ring (bicyclic) bond motifs is 1. The number of carbonyl (C=O) groups is 1. The van der Waals surface area contributed by atoms with Crippen molar-refractivity contribution in [3.05, 3.63) is 59.2 Å². The van der Waals surface area contributed by atoms with Crippen molar-refractivity contribution in [2.45, 2.75) is 12.5 Å². The van der Waals surface area contributed by atoms with Gasteiger partial charge < -0.3 is 14.8 Å². The molecule has 1 amide bonds. The number of rotatable bonds is 4. The van der Waals surface area contributed by atoms with Crippen LogP contribution in [-0.2, 0) is 6.42 Å². The Morgan fingerprint density at radius 1 is 1.30 bits per heavy atom. The molecule has 0 bridgehead atoms. The fraction of sp³-hybridized carbons (Fsp3) is 0.235. The second-order valence-corrected chi connectivity index (χ2v) is 5.25. The Balaban J connectivity index is 1.61. The Kier molecular flexibility index (Phi) is 4.14. The van der Waals surface area contributed by atoms with Gasteiger partial charge in [-0.1, -0.05) is 0 Å². The van der Waals surface area contributed by atoms with Gasteiger partial charge in [-0.3, -0.25) is 4.79 Å². The largest absolute Gasteiger partial charge is 0.497 e. The van der Waals surface area contributed by atoms with E-state index in [2.05, 4.69) is 5.32 Å². The Morgan fingerprint density at radius 3 is 2.91 bits per heavy atom. The highest BCUT2D eigenvalue weighted by Crippen LogP contribution is 2.31. The highest BCUT2D eigenvalue weighted by molar-refractivity contribution is 5.94. The van der Waals surface area contributed by atoms with E-state index >= 15 is 0 Å². The number of hydrogen-bond acceptors (Lipinski definition) is 3. The molecule has 6 heteroatoms. The first kappa shape index (κ1) is 15.3. The lowest BCUT2D eigenvalue weighted by molar-refractivity contribution is 0.0929. The van der Waals surface area contributed by atoms with Crippen molar-refractivity contribution in [3.63, 3.8) is 0 Å². The van der Waals surface area contributed by atoms with Gasteiger partial charge in [-0.2, -0.15) is 0 Å². The molecule has 0 fully saturated rings. The van der Waals surface area contributed by atoms with Crippen LogP contribution in [0.25, 0.3) is 0 Å². The maximum Gasteiger partial charge on any atom is 0.254 e. The predicted octanol–water partition coefficient (Wildman–Crippen LogP) is 2.71. The number of hydrogen-bond donors (Lipinski definition) is 1. The van der Waals surface area contributed by atoms with Gasteiger partial charge in [0.15, 0.2) is 0 Å². The molecule has 0 aromatic heterocycles. The van der Waals surface area contributed by atoms with Gasteiger partial charge in [0.25, 0.3) is 5.91 Å². The molecule has 0 saturated heterocycles. The van der Waals surface area contributed by atoms with Gasteiger partial charge in [-0.05, 0) is 36.4 Å². The number of ether oxygens (including phenoxy) is 2. The quantitative estimate of drug-likeness (QED) is 0.942. The Bertz CT molecular complexity index is 749. The van der Waals surface area contributed by atoms with Crippen molar-refractivity contribution in [1.29, 1.82) is 0 Å². The third-order valence-electron chi connectivity index (χ3n) is 3.67. The molecule has 3 rings (SSSR count). The smallest absolute Gasteiger partial charge is 0.254 e. The van der Waals surface area contributed by atoms with Crippen molar-refractivity contribution in [2.75, 3.05) is 13.7 Å². The topological polar surface area (TPSA) is 47.6 Å². The second-order valence-electron chi connectivity index (χ2n) is 5.25. The van der Waals surface area contributed by atoms with Crippen LogP contribution in [0, 0.1) is 11.6 Å². The molecule has 2 aromatic carbocycles. The van der Waals surface area contributed by atoms with Crippen LogP contribution in [0.4, 0.5) is 8.78 Å². The van der Waals surface area contributed by atoms with E-state index in [9.17, 15) is 13.6 Å². The van der Waals surface area contributed by atoms with Gasteiger partial charge in [-0.25, -0.2) is 8.78 Å². The number of methoxy groups -OCH3 is 1. The van der Waals surface area contributed by atoms with E-state index in [1.165, 1.54) is 0 Å². The summed E-state index contributed by atoms with van der Waals surface area (Å²) < 4.78 is 37.5. The number of halogens is 2. The van der Waals surface area contributed by atoms with E-state index < -0.39 is 17.5 Å². The Hall–Kier alpha value is -2.63. The van der Waals surface area contributed by atoms with Crippen LogP contribution in [-0.4, -0.2) is 25.7 Å². The van der Waals surface area contributed by atoms with Gasteiger partial charge in [-0.15, -0.1) is 0 Å². The minimum atomic E-state index is -0.760. The summed E-state index contributed by atoms with van der Waals surface area (Å²) >= 11 is 0. The van der Waals surface area contributed by atoms with Gasteiger partial charge in [0, 0.05) is 12.0 Å². The summed E-state index contributed by atoms with van der Waals surface area (Å²) in [7, 11) is 1.59. The minimum absolute atomic E-state index is 0.200. The van der Waals surface area contributed by atoms with Crippen LogP contribution in [0.2, 0.25) is 0 Å². The molecule has 4 nitrogen and oxygen atoms in total. The summed E-state index contributed by atoms with van der Waals surface area (Å²) in [5.41, 5.74) is 0.669. The second kappa shape index (κ2) is 6.24. The fourth-order valence-electron chi connectivity index (χ4n) is 2.51. The van der Waals surface area contributed by atoms with Gasteiger partial charge in [0.05, 0.1) is 19.2 Å². The number of nitrogens with one attached hydrogen (secondary N) is 1. The summed E-state index contributed by atoms with van der Waals surface area (Å²) in [5, 5.41) is 2.57. The highest BCUT2D eigenvalue weighted by atomic mass is 19.1. The van der Waals surface area contributed by atoms with Crippen LogP contribution in [0.5, 0.6) is 11.5 Å². The zero-order chi connectivity index (χ0) is 16.4. The van der Waals surface area contributed by atoms with Gasteiger partial charge in [0.1, 0.15) is 29.2 Å². The van der Waals surface area contributed by atoms with Gasteiger partial charge >= 0.3 is 0 Å². The lowest BCUT2D eigenvalue weighted by atomic mass is 10.1. The molecule has 120 valence electrons. The van der Waals surface area contributed by atoms with E-state index in [0.29, 0.717) is 6.42 Å². The molecular weight excluding hydrogens is 304 g/mol. The first-order valence-corrected chi connectivity index (χ1v) is 7.13. The summed E-state index contributed by atoms with van der Waals surface area (Å²) in [6.07, 6.45) is 0.357. The molecule has 1 heterocycles. The van der Waals surface area contributed by atoms with Crippen molar-refractivity contribution in [2.24, 2.45) is 0 Å². The van der Waals surface area contributed by atoms with Crippen LogP contribution >= 0.6 is 0 Å². The lowest BCUT2D eigenvalue weighted by Gasteiger charge is -2.12. The molecule has 1 atom stereocenters. The number of amides is 1. The van der Waals surface area contributed by atoms with E-state index in [4.69, 9.17) is 9.47 Å². The third-order valence-corrected chi connectivity index (χ3v) is 3.67. The molecule has 1 unspecified atom stereocenters. The first-order valence-electron chi connectivity index (χ1n) is 7.13. The normalized spacial score (nSPS) is 15.7. The minimum Gasteiger partial charge on any atom is -0.497 e. The van der Waals surface area contributed by atoms with Crippen molar-refractivity contribution >= 4 is 5.91 Å². The predicted molar refractivity (Wildman–Crippen MR) is 79.8 cm³/mol. The maximum absolute atomic E-state index is 13.5. The third kappa shape index (κ3) is 3.26. The molecule has 0 aliphatic carbocycles. The molecule has 0 spiro atoms. The van der Waals surface area contributed by atoms with Gasteiger partial charge in [0.2, 0.25) is 0 Å². The SMILES string of the molecule is COc1ccc2c(c1)CC(CNC(=O)c1cc(F)ccc1F)O2. The van der Waals surface area contributed by atoms with Crippen molar-refractivity contribution in [1.82, 2.24) is 5.32 Å². The van der Waals surface area contributed by atoms with Crippen LogP contribution in [0.15, 0.2) is 36.4 Å². The molecule has 1 aliphatic heterocycles. The Labute approximate surface area is 132 Å². The van der Waals surface area contributed by atoms with Crippen molar-refractivity contribution in [3.8, 4) is 11.5 Å². The van der Waals surface area contributed by atoms with E-state index in [1.54, 1.807) is 13.2 Å². The van der Waals surface area contributed by atoms with E-state index in [1.807, 2.05) is 12.1 Å². The summed E-state index contributed by atoms with van der Waals surface area (Å²) in [6, 6.07) is 8.25. The highest BCUT2D eigenvalue weighted by Gasteiger charge is 2.24. The average Bonchev–Trinajstić information content (AvgIpc) is 2.96. The number of carbonyl (C=O) groups excluding carboxylic acids is 1. The number of benzene rings is 2. The standard InChI is InChI=1S/C17H15F2NO3/c1-22-12-3-5-16-10(6-12)7-13(23-16)9-20-17(21)14-8-11(18)2-4-15(14)19/h2-6,8,13H,7,9H2,1H3,(H,20,21). The summed E-state index contributed by atoms with van der Waals surface area (Å²) in [4.78, 5) is 12.0. The van der Waals surface area contributed by atoms with Crippen LogP contribution in [0.1, 0.15) is 15.9 Å². The molecule has 23 heavy (non-hydrogen) atoms. The molecule has 1 aliphatic rings. The zero-order valence-electron chi connectivity index (χ0n) is 12.4. The Morgan fingerprint density at radius 2 is 2.13 bits per heavy atom. The average molecular weight is 319 g/mol. The van der Waals surface area contributed by atoms with Crippen LogP contribution < -0.4 is 14.8 Å². The monoisotopic (exact) mass is 319 g/mol. The first-order chi connectivity index (χ1) is 11.1. The molecule has 1 N–H and O–H groups in total. The molecule has 2 aromatic rings. The summed E-state index contributed by atoms with van der Waals surface area (Å²) in [5.74, 6) is -0.614.